The quantitative estimate of drug-likeness (QED) is 0.829. The van der Waals surface area contributed by atoms with E-state index in [1.807, 2.05) is 11.4 Å². The molecule has 22 heavy (non-hydrogen) atoms. The number of hydrogen-bond donors (Lipinski definition) is 0. The van der Waals surface area contributed by atoms with E-state index in [1.165, 1.54) is 15.6 Å². The summed E-state index contributed by atoms with van der Waals surface area (Å²) in [6, 6.07) is 8.58. The standard InChI is InChI=1S/C14H13N3O3S2/c15-7-11-1-3-12(4-2-11)10-22(18,19)17-8-13(9-17)20-14-16-5-6-21-14/h1-6,13H,8-10H2. The van der Waals surface area contributed by atoms with E-state index in [0.717, 1.165) is 0 Å². The molecule has 0 amide bonds. The minimum atomic E-state index is -3.35. The molecule has 0 atom stereocenters. The Hall–Kier alpha value is -1.95. The first-order valence-corrected chi connectivity index (χ1v) is 9.09. The van der Waals surface area contributed by atoms with Gasteiger partial charge in [-0.25, -0.2) is 13.4 Å². The lowest BCUT2D eigenvalue weighted by molar-refractivity contribution is 0.0758. The van der Waals surface area contributed by atoms with Crippen LogP contribution >= 0.6 is 11.3 Å². The first-order valence-electron chi connectivity index (χ1n) is 6.60. The average Bonchev–Trinajstić information content (AvgIpc) is 2.95. The van der Waals surface area contributed by atoms with Crippen molar-refractivity contribution in [1.82, 2.24) is 9.29 Å². The molecule has 1 saturated heterocycles. The maximum atomic E-state index is 12.3. The lowest BCUT2D eigenvalue weighted by atomic mass is 10.2. The van der Waals surface area contributed by atoms with Crippen LogP contribution in [0.4, 0.5) is 0 Å². The summed E-state index contributed by atoms with van der Waals surface area (Å²) >= 11 is 1.39. The minimum Gasteiger partial charge on any atom is -0.464 e. The minimum absolute atomic E-state index is 0.0668. The van der Waals surface area contributed by atoms with Crippen LogP contribution in [0.5, 0.6) is 5.19 Å². The van der Waals surface area contributed by atoms with Gasteiger partial charge in [-0.3, -0.25) is 0 Å². The Morgan fingerprint density at radius 3 is 2.68 bits per heavy atom. The number of sulfonamides is 1. The van der Waals surface area contributed by atoms with Gasteiger partial charge in [-0.15, -0.1) is 0 Å². The molecule has 2 aromatic rings. The molecule has 8 heteroatoms. The van der Waals surface area contributed by atoms with Crippen molar-refractivity contribution in [2.75, 3.05) is 13.1 Å². The Labute approximate surface area is 132 Å². The van der Waals surface area contributed by atoms with Gasteiger partial charge < -0.3 is 4.74 Å². The van der Waals surface area contributed by atoms with Crippen LogP contribution in [-0.2, 0) is 15.8 Å². The van der Waals surface area contributed by atoms with Gasteiger partial charge >= 0.3 is 0 Å². The van der Waals surface area contributed by atoms with Gasteiger partial charge in [-0.2, -0.15) is 9.57 Å². The summed E-state index contributed by atoms with van der Waals surface area (Å²) in [6.45, 7) is 0.691. The van der Waals surface area contributed by atoms with Gasteiger partial charge in [0.25, 0.3) is 5.19 Å². The number of nitrogens with zero attached hydrogens (tertiary/aromatic N) is 3. The second-order valence-electron chi connectivity index (χ2n) is 4.92. The Morgan fingerprint density at radius 1 is 1.36 bits per heavy atom. The fourth-order valence-electron chi connectivity index (χ4n) is 2.09. The molecule has 0 radical (unpaired) electrons. The Morgan fingerprint density at radius 2 is 2.09 bits per heavy atom. The molecule has 6 nitrogen and oxygen atoms in total. The summed E-state index contributed by atoms with van der Waals surface area (Å²) in [6.07, 6.45) is 1.51. The average molecular weight is 335 g/mol. The van der Waals surface area contributed by atoms with Crippen LogP contribution in [-0.4, -0.2) is 36.9 Å². The van der Waals surface area contributed by atoms with Crippen LogP contribution in [0.15, 0.2) is 35.8 Å². The third-order valence-electron chi connectivity index (χ3n) is 3.32. The van der Waals surface area contributed by atoms with Crippen molar-refractivity contribution in [3.63, 3.8) is 0 Å². The van der Waals surface area contributed by atoms with Crippen LogP contribution in [0, 0.1) is 11.3 Å². The second-order valence-corrected chi connectivity index (χ2v) is 7.75. The number of thiazole rings is 1. The maximum Gasteiger partial charge on any atom is 0.273 e. The van der Waals surface area contributed by atoms with Gasteiger partial charge in [0.1, 0.15) is 6.10 Å². The molecule has 1 fully saturated rings. The fraction of sp³-hybridized carbons (Fsp3) is 0.286. The molecule has 0 unspecified atom stereocenters. The Kier molecular flexibility index (Phi) is 4.11. The highest BCUT2D eigenvalue weighted by Crippen LogP contribution is 2.23. The van der Waals surface area contributed by atoms with E-state index in [0.29, 0.717) is 29.4 Å². The van der Waals surface area contributed by atoms with Crippen LogP contribution in [0.1, 0.15) is 11.1 Å². The van der Waals surface area contributed by atoms with Gasteiger partial charge in [-0.05, 0) is 17.7 Å². The van der Waals surface area contributed by atoms with Crippen LogP contribution in [0.2, 0.25) is 0 Å². The molecule has 114 valence electrons. The second kappa shape index (κ2) is 6.04. The predicted molar refractivity (Wildman–Crippen MR) is 81.9 cm³/mol. The van der Waals surface area contributed by atoms with Crippen molar-refractivity contribution < 1.29 is 13.2 Å². The number of nitriles is 1. The van der Waals surface area contributed by atoms with Crippen LogP contribution in [0.25, 0.3) is 0 Å². The number of aromatic nitrogens is 1. The zero-order valence-corrected chi connectivity index (χ0v) is 13.2. The first kappa shape index (κ1) is 15.0. The summed E-state index contributed by atoms with van der Waals surface area (Å²) in [5.41, 5.74) is 1.19. The molecule has 1 aromatic carbocycles. The molecule has 0 spiro atoms. The predicted octanol–water partition coefficient (Wildman–Crippen LogP) is 1.61. The highest BCUT2D eigenvalue weighted by atomic mass is 32.2. The molecule has 3 rings (SSSR count). The molecule has 0 aliphatic carbocycles. The molecule has 2 heterocycles. The Bertz CT molecular complexity index is 774. The normalized spacial score (nSPS) is 16.0. The van der Waals surface area contributed by atoms with Gasteiger partial charge in [0.2, 0.25) is 10.0 Å². The van der Waals surface area contributed by atoms with Crippen LogP contribution < -0.4 is 4.74 Å². The third kappa shape index (κ3) is 3.27. The molecule has 0 bridgehead atoms. The molecule has 0 N–H and O–H groups in total. The van der Waals surface area contributed by atoms with Gasteiger partial charge in [0, 0.05) is 11.6 Å². The Balaban J connectivity index is 1.57. The van der Waals surface area contributed by atoms with E-state index in [9.17, 15) is 8.42 Å². The van der Waals surface area contributed by atoms with E-state index >= 15 is 0 Å². The van der Waals surface area contributed by atoms with E-state index in [-0.39, 0.29) is 11.9 Å². The van der Waals surface area contributed by atoms with Crippen molar-refractivity contribution in [3.8, 4) is 11.3 Å². The van der Waals surface area contributed by atoms with Crippen molar-refractivity contribution in [1.29, 1.82) is 5.26 Å². The zero-order chi connectivity index (χ0) is 15.6. The third-order valence-corrected chi connectivity index (χ3v) is 5.76. The zero-order valence-electron chi connectivity index (χ0n) is 11.5. The molecular weight excluding hydrogens is 322 g/mol. The van der Waals surface area contributed by atoms with E-state index in [4.69, 9.17) is 10.00 Å². The molecule has 0 saturated carbocycles. The molecular formula is C14H13N3O3S2. The number of hydrogen-bond acceptors (Lipinski definition) is 6. The van der Waals surface area contributed by atoms with Gasteiger partial charge in [-0.1, -0.05) is 23.5 Å². The smallest absolute Gasteiger partial charge is 0.273 e. The lowest BCUT2D eigenvalue weighted by Crippen LogP contribution is -2.56. The monoisotopic (exact) mass is 335 g/mol. The summed E-state index contributed by atoms with van der Waals surface area (Å²) in [7, 11) is -3.35. The summed E-state index contributed by atoms with van der Waals surface area (Å²) < 4.78 is 31.5. The topological polar surface area (TPSA) is 83.3 Å². The summed E-state index contributed by atoms with van der Waals surface area (Å²) in [5, 5.41) is 11.1. The van der Waals surface area contributed by atoms with E-state index in [2.05, 4.69) is 4.98 Å². The van der Waals surface area contributed by atoms with Crippen LogP contribution in [0.3, 0.4) is 0 Å². The first-order chi connectivity index (χ1) is 10.6. The van der Waals surface area contributed by atoms with E-state index in [1.54, 1.807) is 30.5 Å². The molecule has 1 aliphatic heterocycles. The summed E-state index contributed by atoms with van der Waals surface area (Å²) in [4.78, 5) is 4.01. The summed E-state index contributed by atoms with van der Waals surface area (Å²) in [5.74, 6) is -0.0668. The lowest BCUT2D eigenvalue weighted by Gasteiger charge is -2.37. The maximum absolute atomic E-state index is 12.3. The fourth-order valence-corrected chi connectivity index (χ4v) is 4.23. The van der Waals surface area contributed by atoms with Crippen molar-refractivity contribution in [2.24, 2.45) is 0 Å². The van der Waals surface area contributed by atoms with Crippen molar-refractivity contribution in [3.05, 3.63) is 47.0 Å². The molecule has 1 aliphatic rings. The SMILES string of the molecule is N#Cc1ccc(CS(=O)(=O)N2CC(Oc3nccs3)C2)cc1. The largest absolute Gasteiger partial charge is 0.464 e. The van der Waals surface area contributed by atoms with E-state index < -0.39 is 10.0 Å². The highest BCUT2D eigenvalue weighted by molar-refractivity contribution is 7.88. The van der Waals surface area contributed by atoms with Gasteiger partial charge in [0.05, 0.1) is 30.5 Å². The van der Waals surface area contributed by atoms with Gasteiger partial charge in [0.15, 0.2) is 0 Å². The number of ether oxygens (including phenoxy) is 1. The van der Waals surface area contributed by atoms with Crippen molar-refractivity contribution in [2.45, 2.75) is 11.9 Å². The number of rotatable bonds is 5. The highest BCUT2D eigenvalue weighted by Gasteiger charge is 2.37. The van der Waals surface area contributed by atoms with Crippen molar-refractivity contribution >= 4 is 21.4 Å². The number of benzene rings is 1. The molecule has 1 aromatic heterocycles.